The molecule has 4 nitrogen and oxygen atoms in total. The lowest BCUT2D eigenvalue weighted by Gasteiger charge is -2.14. The first-order valence-corrected chi connectivity index (χ1v) is 5.59. The zero-order valence-electron chi connectivity index (χ0n) is 7.40. The molecule has 0 aliphatic rings. The zero-order valence-corrected chi connectivity index (χ0v) is 8.21. The first-order chi connectivity index (χ1) is 5.35. The molecule has 0 radical (unpaired) electrons. The Morgan fingerprint density at radius 1 is 1.42 bits per heavy atom. The van der Waals surface area contributed by atoms with Crippen molar-refractivity contribution in [2.45, 2.75) is 32.8 Å². The highest BCUT2D eigenvalue weighted by Crippen LogP contribution is 2.12. The molecule has 0 spiro atoms. The fourth-order valence-corrected chi connectivity index (χ4v) is 2.10. The molecule has 74 valence electrons. The smallest absolute Gasteiger partial charge is 0.265 e. The summed E-state index contributed by atoms with van der Waals surface area (Å²) in [5, 5.41) is 8.97. The van der Waals surface area contributed by atoms with Crippen LogP contribution in [0.2, 0.25) is 0 Å². The zero-order chi connectivity index (χ0) is 9.78. The maximum atomic E-state index is 10.5. The van der Waals surface area contributed by atoms with Gasteiger partial charge < -0.3 is 5.11 Å². The molecule has 0 bridgehead atoms. The third kappa shape index (κ3) is 6.57. The monoisotopic (exact) mass is 196 g/mol. The van der Waals surface area contributed by atoms with E-state index < -0.39 is 16.2 Å². The van der Waals surface area contributed by atoms with E-state index in [4.69, 9.17) is 9.66 Å². The third-order valence-corrected chi connectivity index (χ3v) is 2.59. The van der Waals surface area contributed by atoms with Crippen LogP contribution in [0.15, 0.2) is 0 Å². The molecule has 0 amide bonds. The minimum absolute atomic E-state index is 0.153. The van der Waals surface area contributed by atoms with Crippen molar-refractivity contribution in [3.05, 3.63) is 0 Å². The molecule has 0 aromatic rings. The maximum Gasteiger partial charge on any atom is 0.265 e. The van der Waals surface area contributed by atoms with Gasteiger partial charge in [-0.2, -0.15) is 8.42 Å². The van der Waals surface area contributed by atoms with E-state index in [1.807, 2.05) is 6.92 Å². The highest BCUT2D eigenvalue weighted by atomic mass is 32.2. The fourth-order valence-electron chi connectivity index (χ4n) is 1.13. The average Bonchev–Trinajstić information content (AvgIpc) is 1.82. The summed E-state index contributed by atoms with van der Waals surface area (Å²) in [7, 11) is -3.89. The largest absolute Gasteiger partial charge is 0.393 e. The normalized spacial score (nSPS) is 17.3. The van der Waals surface area contributed by atoms with E-state index in [1.165, 1.54) is 0 Å². The lowest BCUT2D eigenvalue weighted by atomic mass is 10.0. The summed E-state index contributed by atoms with van der Waals surface area (Å²) in [6.45, 7) is 3.44. The molecule has 0 heterocycles. The topological polar surface area (TPSA) is 74.6 Å². The Hall–Kier alpha value is -0.130. The van der Waals surface area contributed by atoms with Crippen LogP contribution in [0.25, 0.3) is 0 Å². The molecular weight excluding hydrogens is 180 g/mol. The first kappa shape index (κ1) is 11.9. The lowest BCUT2D eigenvalue weighted by molar-refractivity contribution is 0.163. The van der Waals surface area contributed by atoms with Crippen molar-refractivity contribution in [1.29, 1.82) is 0 Å². The second-order valence-corrected chi connectivity index (χ2v) is 4.60. The van der Waals surface area contributed by atoms with Crippen molar-refractivity contribution >= 4 is 10.1 Å². The number of hydrogen-bond acceptors (Lipinski definition) is 3. The number of hydrogen-bond donors (Lipinski definition) is 2. The van der Waals surface area contributed by atoms with Crippen molar-refractivity contribution in [1.82, 2.24) is 0 Å². The SMILES string of the molecule is CCC(CC(C)O)CS(=O)(=O)O. The molecule has 2 unspecified atom stereocenters. The molecule has 0 saturated heterocycles. The molecule has 12 heavy (non-hydrogen) atoms. The van der Waals surface area contributed by atoms with Gasteiger partial charge in [-0.15, -0.1) is 0 Å². The average molecular weight is 196 g/mol. The molecule has 0 aliphatic heterocycles. The van der Waals surface area contributed by atoms with Crippen LogP contribution in [0.4, 0.5) is 0 Å². The van der Waals surface area contributed by atoms with E-state index >= 15 is 0 Å². The standard InChI is InChI=1S/C7H16O4S/c1-3-7(4-6(2)8)5-12(9,10)11/h6-8H,3-5H2,1-2H3,(H,9,10,11). The Morgan fingerprint density at radius 2 is 1.92 bits per heavy atom. The van der Waals surface area contributed by atoms with Crippen molar-refractivity contribution < 1.29 is 18.1 Å². The van der Waals surface area contributed by atoms with Gasteiger partial charge in [-0.05, 0) is 19.3 Å². The molecule has 2 N–H and O–H groups in total. The van der Waals surface area contributed by atoms with Crippen LogP contribution >= 0.6 is 0 Å². The van der Waals surface area contributed by atoms with Crippen molar-refractivity contribution in [2.75, 3.05) is 5.75 Å². The van der Waals surface area contributed by atoms with E-state index in [-0.39, 0.29) is 11.7 Å². The summed E-state index contributed by atoms with van der Waals surface area (Å²) in [4.78, 5) is 0. The van der Waals surface area contributed by atoms with Gasteiger partial charge in [-0.25, -0.2) is 0 Å². The second kappa shape index (κ2) is 4.79. The maximum absolute atomic E-state index is 10.5. The van der Waals surface area contributed by atoms with Gasteiger partial charge in [0.1, 0.15) is 0 Å². The van der Waals surface area contributed by atoms with Crippen LogP contribution in [0.5, 0.6) is 0 Å². The van der Waals surface area contributed by atoms with Gasteiger partial charge in [0.15, 0.2) is 0 Å². The Kier molecular flexibility index (Phi) is 4.74. The summed E-state index contributed by atoms with van der Waals surface area (Å²) in [6, 6.07) is 0. The van der Waals surface area contributed by atoms with Gasteiger partial charge in [0.25, 0.3) is 10.1 Å². The Bertz CT molecular complexity index is 207. The van der Waals surface area contributed by atoms with Crippen LogP contribution < -0.4 is 0 Å². The minimum Gasteiger partial charge on any atom is -0.393 e. The Labute approximate surface area is 73.4 Å². The number of aliphatic hydroxyl groups is 1. The third-order valence-electron chi connectivity index (χ3n) is 1.70. The first-order valence-electron chi connectivity index (χ1n) is 3.98. The number of aliphatic hydroxyl groups excluding tert-OH is 1. The van der Waals surface area contributed by atoms with Crippen molar-refractivity contribution in [3.63, 3.8) is 0 Å². The van der Waals surface area contributed by atoms with Gasteiger partial charge >= 0.3 is 0 Å². The van der Waals surface area contributed by atoms with Gasteiger partial charge in [0, 0.05) is 0 Å². The van der Waals surface area contributed by atoms with Crippen molar-refractivity contribution in [2.24, 2.45) is 5.92 Å². The van der Waals surface area contributed by atoms with Gasteiger partial charge in [0.05, 0.1) is 11.9 Å². The van der Waals surface area contributed by atoms with Crippen LogP contribution in [0.1, 0.15) is 26.7 Å². The summed E-state index contributed by atoms with van der Waals surface area (Å²) >= 11 is 0. The summed E-state index contributed by atoms with van der Waals surface area (Å²) < 4.78 is 29.4. The Balaban J connectivity index is 4.01. The van der Waals surface area contributed by atoms with Gasteiger partial charge in [-0.1, -0.05) is 13.3 Å². The predicted octanol–water partition coefficient (Wildman–Crippen LogP) is 0.671. The second-order valence-electron chi connectivity index (χ2n) is 3.11. The summed E-state index contributed by atoms with van der Waals surface area (Å²) in [6.07, 6.45) is 0.540. The minimum atomic E-state index is -3.89. The lowest BCUT2D eigenvalue weighted by Crippen LogP contribution is -2.18. The molecule has 5 heteroatoms. The molecule has 0 saturated carbocycles. The molecule has 0 rings (SSSR count). The van der Waals surface area contributed by atoms with Crippen LogP contribution in [0, 0.1) is 5.92 Å². The molecular formula is C7H16O4S. The molecule has 2 atom stereocenters. The van der Waals surface area contributed by atoms with Crippen LogP contribution in [-0.4, -0.2) is 29.9 Å². The molecule has 0 aliphatic carbocycles. The van der Waals surface area contributed by atoms with E-state index in [9.17, 15) is 8.42 Å². The highest BCUT2D eigenvalue weighted by molar-refractivity contribution is 7.85. The van der Waals surface area contributed by atoms with Crippen molar-refractivity contribution in [3.8, 4) is 0 Å². The van der Waals surface area contributed by atoms with E-state index in [2.05, 4.69) is 0 Å². The highest BCUT2D eigenvalue weighted by Gasteiger charge is 2.16. The molecule has 0 aromatic carbocycles. The van der Waals surface area contributed by atoms with Crippen LogP contribution in [0.3, 0.4) is 0 Å². The molecule has 0 fully saturated rings. The number of rotatable bonds is 5. The quantitative estimate of drug-likeness (QED) is 0.634. The van der Waals surface area contributed by atoms with E-state index in [1.54, 1.807) is 6.92 Å². The summed E-state index contributed by atoms with van der Waals surface area (Å²) in [5.74, 6) is -0.408. The van der Waals surface area contributed by atoms with Crippen LogP contribution in [-0.2, 0) is 10.1 Å². The van der Waals surface area contributed by atoms with Gasteiger partial charge in [0.2, 0.25) is 0 Å². The Morgan fingerprint density at radius 3 is 2.17 bits per heavy atom. The van der Waals surface area contributed by atoms with E-state index in [0.29, 0.717) is 12.8 Å². The van der Waals surface area contributed by atoms with E-state index in [0.717, 1.165) is 0 Å². The molecule has 0 aromatic heterocycles. The fraction of sp³-hybridized carbons (Fsp3) is 1.00. The predicted molar refractivity (Wildman–Crippen MR) is 46.5 cm³/mol. The summed E-state index contributed by atoms with van der Waals surface area (Å²) in [5.41, 5.74) is 0. The van der Waals surface area contributed by atoms with Gasteiger partial charge in [-0.3, -0.25) is 4.55 Å².